The van der Waals surface area contributed by atoms with Gasteiger partial charge in [-0.15, -0.1) is 0 Å². The van der Waals surface area contributed by atoms with Crippen molar-refractivity contribution in [2.45, 2.75) is 19.7 Å². The molecule has 3 aromatic heterocycles. The van der Waals surface area contributed by atoms with Gasteiger partial charge in [-0.2, -0.15) is 5.10 Å². The van der Waals surface area contributed by atoms with Crippen molar-refractivity contribution in [2.24, 2.45) is 5.92 Å². The topological polar surface area (TPSA) is 54.1 Å². The summed E-state index contributed by atoms with van der Waals surface area (Å²) >= 11 is 3.52. The van der Waals surface area contributed by atoms with E-state index >= 15 is 0 Å². The van der Waals surface area contributed by atoms with Crippen molar-refractivity contribution in [3.8, 4) is 11.1 Å². The summed E-state index contributed by atoms with van der Waals surface area (Å²) in [5, 5.41) is 5.69. The Morgan fingerprint density at radius 1 is 1.28 bits per heavy atom. The van der Waals surface area contributed by atoms with Crippen molar-refractivity contribution in [1.82, 2.24) is 19.3 Å². The molecule has 0 saturated carbocycles. The SMILES string of the molecule is CS(C)(C)CCOCn1cc(-c2cn(CC3CCOC3)c3cnc(Br)cc23)cn1. The van der Waals surface area contributed by atoms with Crippen LogP contribution in [-0.4, -0.2) is 63.7 Å². The molecule has 0 amide bonds. The highest BCUT2D eigenvalue weighted by molar-refractivity contribution is 9.10. The van der Waals surface area contributed by atoms with Gasteiger partial charge in [0.05, 0.1) is 31.1 Å². The van der Waals surface area contributed by atoms with Gasteiger partial charge >= 0.3 is 0 Å². The average Bonchev–Trinajstić information content (AvgIpc) is 3.39. The summed E-state index contributed by atoms with van der Waals surface area (Å²) in [6.07, 6.45) is 16.2. The molecular weight excluding hydrogens is 452 g/mol. The molecule has 1 fully saturated rings. The number of nitrogens with zero attached hydrogens (tertiary/aromatic N) is 4. The van der Waals surface area contributed by atoms with E-state index in [9.17, 15) is 0 Å². The number of hydrogen-bond acceptors (Lipinski definition) is 4. The normalized spacial score (nSPS) is 18.0. The molecule has 0 spiro atoms. The molecule has 1 aliphatic rings. The van der Waals surface area contributed by atoms with E-state index < -0.39 is 10.0 Å². The predicted octanol–water partition coefficient (Wildman–Crippen LogP) is 4.37. The van der Waals surface area contributed by atoms with Gasteiger partial charge in [-0.1, -0.05) is 0 Å². The molecule has 29 heavy (non-hydrogen) atoms. The standard InChI is InChI=1S/C21H29BrN4O2S/c1-29(2,3)7-6-28-15-26-12-17(9-24-26)19-13-25(11-16-4-5-27-14-16)20-10-23-21(22)8-18(19)20/h8-10,12-13,16H,4-7,11,14-15H2,1-3H3. The van der Waals surface area contributed by atoms with Gasteiger partial charge in [0, 0.05) is 53.7 Å². The molecule has 3 aromatic rings. The van der Waals surface area contributed by atoms with Crippen molar-refractivity contribution in [3.05, 3.63) is 35.5 Å². The van der Waals surface area contributed by atoms with Crippen LogP contribution in [0.5, 0.6) is 0 Å². The van der Waals surface area contributed by atoms with E-state index in [1.807, 2.05) is 17.1 Å². The Balaban J connectivity index is 1.54. The Hall–Kier alpha value is -1.35. The molecule has 1 saturated heterocycles. The van der Waals surface area contributed by atoms with Crippen LogP contribution in [0, 0.1) is 5.92 Å². The first-order valence-corrected chi connectivity index (χ1v) is 13.7. The van der Waals surface area contributed by atoms with Gasteiger partial charge in [0.15, 0.2) is 0 Å². The van der Waals surface area contributed by atoms with Crippen LogP contribution in [0.2, 0.25) is 0 Å². The first-order chi connectivity index (χ1) is 13.9. The van der Waals surface area contributed by atoms with Gasteiger partial charge in [0.2, 0.25) is 0 Å². The third kappa shape index (κ3) is 5.23. The van der Waals surface area contributed by atoms with Gasteiger partial charge in [-0.3, -0.25) is 0 Å². The van der Waals surface area contributed by atoms with Crippen molar-refractivity contribution in [3.63, 3.8) is 0 Å². The summed E-state index contributed by atoms with van der Waals surface area (Å²) in [4.78, 5) is 4.45. The average molecular weight is 481 g/mol. The summed E-state index contributed by atoms with van der Waals surface area (Å²) in [5.74, 6) is 1.67. The second-order valence-electron chi connectivity index (χ2n) is 8.55. The smallest absolute Gasteiger partial charge is 0.139 e. The van der Waals surface area contributed by atoms with E-state index in [0.29, 0.717) is 12.6 Å². The monoisotopic (exact) mass is 480 g/mol. The number of hydrogen-bond donors (Lipinski definition) is 0. The first kappa shape index (κ1) is 20.9. The third-order valence-electron chi connectivity index (χ3n) is 5.22. The molecule has 1 aliphatic heterocycles. The molecule has 0 radical (unpaired) electrons. The van der Waals surface area contributed by atoms with Crippen molar-refractivity contribution < 1.29 is 9.47 Å². The van der Waals surface area contributed by atoms with Crippen LogP contribution < -0.4 is 0 Å². The van der Waals surface area contributed by atoms with Crippen LogP contribution in [-0.2, 0) is 22.7 Å². The second-order valence-corrected chi connectivity index (χ2v) is 14.0. The lowest BCUT2D eigenvalue weighted by molar-refractivity contribution is 0.0809. The van der Waals surface area contributed by atoms with E-state index in [2.05, 4.69) is 67.8 Å². The summed E-state index contributed by atoms with van der Waals surface area (Å²) < 4.78 is 16.4. The minimum atomic E-state index is -0.529. The quantitative estimate of drug-likeness (QED) is 0.354. The lowest BCUT2D eigenvalue weighted by atomic mass is 10.1. The van der Waals surface area contributed by atoms with Gasteiger partial charge in [-0.05, 0) is 47.2 Å². The molecule has 8 heteroatoms. The van der Waals surface area contributed by atoms with Crippen LogP contribution in [0.25, 0.3) is 22.0 Å². The van der Waals surface area contributed by atoms with E-state index in [-0.39, 0.29) is 0 Å². The van der Waals surface area contributed by atoms with E-state index in [1.54, 1.807) is 0 Å². The molecule has 4 heterocycles. The van der Waals surface area contributed by atoms with Gasteiger partial charge in [0.1, 0.15) is 11.3 Å². The van der Waals surface area contributed by atoms with E-state index in [1.165, 1.54) is 10.9 Å². The Bertz CT molecular complexity index is 973. The summed E-state index contributed by atoms with van der Waals surface area (Å²) in [7, 11) is -0.529. The summed E-state index contributed by atoms with van der Waals surface area (Å²) in [5.41, 5.74) is 3.42. The lowest BCUT2D eigenvalue weighted by Crippen LogP contribution is -2.10. The Morgan fingerprint density at radius 2 is 2.14 bits per heavy atom. The van der Waals surface area contributed by atoms with Gasteiger partial charge < -0.3 is 14.0 Å². The van der Waals surface area contributed by atoms with E-state index in [4.69, 9.17) is 9.47 Å². The Kier molecular flexibility index (Phi) is 6.34. The molecule has 0 N–H and O–H groups in total. The van der Waals surface area contributed by atoms with Crippen LogP contribution in [0.1, 0.15) is 6.42 Å². The molecule has 158 valence electrons. The predicted molar refractivity (Wildman–Crippen MR) is 124 cm³/mol. The third-order valence-corrected chi connectivity index (χ3v) is 7.05. The van der Waals surface area contributed by atoms with Crippen LogP contribution in [0.4, 0.5) is 0 Å². The molecule has 0 bridgehead atoms. The zero-order valence-corrected chi connectivity index (χ0v) is 19.7. The molecule has 1 atom stereocenters. The number of pyridine rings is 1. The fourth-order valence-electron chi connectivity index (χ4n) is 3.59. The molecule has 6 nitrogen and oxygen atoms in total. The first-order valence-electron chi connectivity index (χ1n) is 9.88. The fraction of sp³-hybridized carbons (Fsp3) is 0.524. The van der Waals surface area contributed by atoms with Gasteiger partial charge in [-0.25, -0.2) is 19.7 Å². The maximum atomic E-state index is 5.83. The minimum Gasteiger partial charge on any atom is -0.381 e. The van der Waals surface area contributed by atoms with Crippen molar-refractivity contribution in [2.75, 3.05) is 44.3 Å². The van der Waals surface area contributed by atoms with E-state index in [0.717, 1.165) is 54.2 Å². The minimum absolute atomic E-state index is 0.485. The summed E-state index contributed by atoms with van der Waals surface area (Å²) in [6.45, 7) is 3.91. The van der Waals surface area contributed by atoms with Crippen LogP contribution >= 0.6 is 26.0 Å². The Labute approximate surface area is 182 Å². The largest absolute Gasteiger partial charge is 0.381 e. The fourth-order valence-corrected chi connectivity index (χ4v) is 4.54. The van der Waals surface area contributed by atoms with Crippen molar-refractivity contribution >= 4 is 36.9 Å². The molecule has 1 unspecified atom stereocenters. The molecular formula is C21H29BrN4O2S. The maximum absolute atomic E-state index is 5.83. The van der Waals surface area contributed by atoms with Crippen molar-refractivity contribution in [1.29, 1.82) is 0 Å². The molecule has 0 aromatic carbocycles. The zero-order chi connectivity index (χ0) is 20.4. The molecule has 4 rings (SSSR count). The highest BCUT2D eigenvalue weighted by Gasteiger charge is 2.19. The number of halogens is 1. The lowest BCUT2D eigenvalue weighted by Gasteiger charge is -2.24. The highest BCUT2D eigenvalue weighted by Crippen LogP contribution is 2.34. The highest BCUT2D eigenvalue weighted by atomic mass is 79.9. The van der Waals surface area contributed by atoms with Crippen LogP contribution in [0.3, 0.4) is 0 Å². The van der Waals surface area contributed by atoms with Gasteiger partial charge in [0.25, 0.3) is 0 Å². The summed E-state index contributed by atoms with van der Waals surface area (Å²) in [6, 6.07) is 2.09. The zero-order valence-electron chi connectivity index (χ0n) is 17.3. The number of rotatable bonds is 8. The second kappa shape index (κ2) is 8.79. The Morgan fingerprint density at radius 3 is 2.90 bits per heavy atom. The maximum Gasteiger partial charge on any atom is 0.139 e. The number of fused-ring (bicyclic) bond motifs is 1. The molecule has 0 aliphatic carbocycles. The van der Waals surface area contributed by atoms with Crippen LogP contribution in [0.15, 0.2) is 35.5 Å². The number of aromatic nitrogens is 4. The number of ether oxygens (including phenoxy) is 2.